The Balaban J connectivity index is 2.17. The predicted molar refractivity (Wildman–Crippen MR) is 76.3 cm³/mol. The van der Waals surface area contributed by atoms with Gasteiger partial charge in [-0.05, 0) is 18.6 Å². The smallest absolute Gasteiger partial charge is 0.294 e. The Labute approximate surface area is 121 Å². The molecule has 0 bridgehead atoms. The molecular formula is C13H17N5O3. The minimum absolute atomic E-state index is 0.00407. The summed E-state index contributed by atoms with van der Waals surface area (Å²) in [6.45, 7) is 3.71. The number of nitro benzene ring substituents is 1. The molecule has 1 aromatic heterocycles. The van der Waals surface area contributed by atoms with Crippen molar-refractivity contribution in [3.63, 3.8) is 0 Å². The second-order valence-electron chi connectivity index (χ2n) is 4.57. The average Bonchev–Trinajstić information content (AvgIpc) is 2.92. The fraction of sp³-hybridized carbons (Fsp3) is 0.385. The van der Waals surface area contributed by atoms with E-state index in [1.165, 1.54) is 10.7 Å². The number of hydrogen-bond acceptors (Lipinski definition) is 6. The van der Waals surface area contributed by atoms with Crippen molar-refractivity contribution in [3.8, 4) is 5.69 Å². The highest BCUT2D eigenvalue weighted by Crippen LogP contribution is 2.23. The maximum atomic E-state index is 11.1. The van der Waals surface area contributed by atoms with E-state index >= 15 is 0 Å². The second-order valence-corrected chi connectivity index (χ2v) is 4.57. The molecule has 2 rings (SSSR count). The van der Waals surface area contributed by atoms with E-state index in [2.05, 4.69) is 15.6 Å². The summed E-state index contributed by atoms with van der Waals surface area (Å²) >= 11 is 0. The SMILES string of the molecule is COCCNCc1cn(-c2cc(C)ccc2[N+](=O)[O-])nn1. The normalized spacial score (nSPS) is 10.8. The maximum absolute atomic E-state index is 11.1. The lowest BCUT2D eigenvalue weighted by Crippen LogP contribution is -2.18. The van der Waals surface area contributed by atoms with Crippen LogP contribution >= 0.6 is 0 Å². The molecule has 0 aliphatic carbocycles. The third-order valence-electron chi connectivity index (χ3n) is 2.90. The molecule has 21 heavy (non-hydrogen) atoms. The molecule has 0 saturated carbocycles. The standard InChI is InChI=1S/C13H17N5O3/c1-10-3-4-12(18(19)20)13(7-10)17-9-11(15-16-17)8-14-5-6-21-2/h3-4,7,9,14H,5-6,8H2,1-2H3. The Morgan fingerprint density at radius 3 is 3.00 bits per heavy atom. The van der Waals surface area contributed by atoms with Crippen molar-refractivity contribution in [1.29, 1.82) is 0 Å². The molecule has 0 atom stereocenters. The van der Waals surface area contributed by atoms with Gasteiger partial charge in [-0.15, -0.1) is 5.10 Å². The van der Waals surface area contributed by atoms with E-state index in [1.54, 1.807) is 25.4 Å². The summed E-state index contributed by atoms with van der Waals surface area (Å²) < 4.78 is 6.36. The summed E-state index contributed by atoms with van der Waals surface area (Å²) in [5.41, 5.74) is 2.05. The van der Waals surface area contributed by atoms with Gasteiger partial charge in [0.15, 0.2) is 0 Å². The molecule has 0 saturated heterocycles. The highest BCUT2D eigenvalue weighted by Gasteiger charge is 2.16. The first-order chi connectivity index (χ1) is 10.1. The Bertz CT molecular complexity index is 626. The van der Waals surface area contributed by atoms with Crippen LogP contribution < -0.4 is 5.32 Å². The van der Waals surface area contributed by atoms with Gasteiger partial charge in [0.25, 0.3) is 5.69 Å². The number of aryl methyl sites for hydroxylation is 1. The predicted octanol–water partition coefficient (Wildman–Crippen LogP) is 1.22. The van der Waals surface area contributed by atoms with Gasteiger partial charge < -0.3 is 10.1 Å². The summed E-state index contributed by atoms with van der Waals surface area (Å²) in [5, 5.41) is 22.2. The van der Waals surface area contributed by atoms with Gasteiger partial charge in [-0.3, -0.25) is 10.1 Å². The van der Waals surface area contributed by atoms with Crippen LogP contribution in [0.5, 0.6) is 0 Å². The molecule has 112 valence electrons. The number of nitro groups is 1. The zero-order valence-corrected chi connectivity index (χ0v) is 11.9. The van der Waals surface area contributed by atoms with Gasteiger partial charge in [0.2, 0.25) is 0 Å². The lowest BCUT2D eigenvalue weighted by atomic mass is 10.2. The number of methoxy groups -OCH3 is 1. The van der Waals surface area contributed by atoms with E-state index in [4.69, 9.17) is 4.74 Å². The molecule has 0 fully saturated rings. The molecule has 0 unspecified atom stereocenters. The Kier molecular flexibility index (Phi) is 4.96. The Hall–Kier alpha value is -2.32. The summed E-state index contributed by atoms with van der Waals surface area (Å²) in [5.74, 6) is 0. The number of nitrogens with one attached hydrogen (secondary N) is 1. The highest BCUT2D eigenvalue weighted by atomic mass is 16.6. The zero-order chi connectivity index (χ0) is 15.2. The van der Waals surface area contributed by atoms with Crippen LogP contribution in [0.15, 0.2) is 24.4 Å². The van der Waals surface area contributed by atoms with Crippen LogP contribution in [0.1, 0.15) is 11.3 Å². The molecule has 0 aliphatic heterocycles. The van der Waals surface area contributed by atoms with Crippen molar-refractivity contribution in [2.75, 3.05) is 20.3 Å². The van der Waals surface area contributed by atoms with Crippen LogP contribution in [0, 0.1) is 17.0 Å². The largest absolute Gasteiger partial charge is 0.383 e. The van der Waals surface area contributed by atoms with Gasteiger partial charge >= 0.3 is 0 Å². The van der Waals surface area contributed by atoms with E-state index < -0.39 is 4.92 Å². The van der Waals surface area contributed by atoms with Gasteiger partial charge in [0.1, 0.15) is 5.69 Å². The minimum Gasteiger partial charge on any atom is -0.383 e. The number of rotatable bonds is 7. The fourth-order valence-corrected chi connectivity index (χ4v) is 1.86. The maximum Gasteiger partial charge on any atom is 0.294 e. The molecule has 1 aromatic carbocycles. The van der Waals surface area contributed by atoms with Gasteiger partial charge in [0, 0.05) is 26.3 Å². The van der Waals surface area contributed by atoms with E-state index in [1.807, 2.05) is 6.92 Å². The second kappa shape index (κ2) is 6.91. The van der Waals surface area contributed by atoms with E-state index in [9.17, 15) is 10.1 Å². The van der Waals surface area contributed by atoms with E-state index in [-0.39, 0.29) is 5.69 Å². The van der Waals surface area contributed by atoms with Gasteiger partial charge in [0.05, 0.1) is 23.4 Å². The monoisotopic (exact) mass is 291 g/mol. The zero-order valence-electron chi connectivity index (χ0n) is 11.9. The van der Waals surface area contributed by atoms with E-state index in [0.717, 1.165) is 5.56 Å². The number of benzene rings is 1. The molecule has 0 spiro atoms. The lowest BCUT2D eigenvalue weighted by Gasteiger charge is -2.03. The minimum atomic E-state index is -0.424. The van der Waals surface area contributed by atoms with Gasteiger partial charge in [-0.25, -0.2) is 4.68 Å². The van der Waals surface area contributed by atoms with Crippen LogP contribution in [-0.4, -0.2) is 40.2 Å². The van der Waals surface area contributed by atoms with Crippen LogP contribution in [0.4, 0.5) is 5.69 Å². The third kappa shape index (κ3) is 3.83. The van der Waals surface area contributed by atoms with Crippen molar-refractivity contribution in [3.05, 3.63) is 45.8 Å². The van der Waals surface area contributed by atoms with Gasteiger partial charge in [-0.2, -0.15) is 0 Å². The van der Waals surface area contributed by atoms with Crippen molar-refractivity contribution < 1.29 is 9.66 Å². The number of hydrogen-bond donors (Lipinski definition) is 1. The topological polar surface area (TPSA) is 95.1 Å². The van der Waals surface area contributed by atoms with Crippen LogP contribution in [0.3, 0.4) is 0 Å². The summed E-state index contributed by atoms with van der Waals surface area (Å²) in [6, 6.07) is 4.89. The van der Waals surface area contributed by atoms with Crippen LogP contribution in [0.2, 0.25) is 0 Å². The number of nitrogens with zero attached hydrogens (tertiary/aromatic N) is 4. The van der Waals surface area contributed by atoms with Crippen molar-refractivity contribution >= 4 is 5.69 Å². The molecule has 0 radical (unpaired) electrons. The summed E-state index contributed by atoms with van der Waals surface area (Å²) in [6.07, 6.45) is 1.68. The summed E-state index contributed by atoms with van der Waals surface area (Å²) in [4.78, 5) is 10.7. The van der Waals surface area contributed by atoms with E-state index in [0.29, 0.717) is 31.1 Å². The first-order valence-electron chi connectivity index (χ1n) is 6.48. The van der Waals surface area contributed by atoms with Gasteiger partial charge in [-0.1, -0.05) is 11.3 Å². The molecule has 8 nitrogen and oxygen atoms in total. The fourth-order valence-electron chi connectivity index (χ4n) is 1.86. The lowest BCUT2D eigenvalue weighted by molar-refractivity contribution is -0.384. The first kappa shape index (κ1) is 15.1. The highest BCUT2D eigenvalue weighted by molar-refractivity contribution is 5.53. The molecule has 0 aliphatic rings. The average molecular weight is 291 g/mol. The molecule has 8 heteroatoms. The number of aromatic nitrogens is 3. The van der Waals surface area contributed by atoms with Crippen LogP contribution in [-0.2, 0) is 11.3 Å². The van der Waals surface area contributed by atoms with Crippen molar-refractivity contribution in [2.45, 2.75) is 13.5 Å². The Morgan fingerprint density at radius 1 is 1.48 bits per heavy atom. The quantitative estimate of drug-likeness (QED) is 0.468. The van der Waals surface area contributed by atoms with Crippen LogP contribution in [0.25, 0.3) is 5.69 Å². The molecular weight excluding hydrogens is 274 g/mol. The molecule has 1 heterocycles. The van der Waals surface area contributed by atoms with Crippen molar-refractivity contribution in [1.82, 2.24) is 20.3 Å². The third-order valence-corrected chi connectivity index (χ3v) is 2.90. The Morgan fingerprint density at radius 2 is 2.29 bits per heavy atom. The molecule has 2 aromatic rings. The first-order valence-corrected chi connectivity index (χ1v) is 6.48. The summed E-state index contributed by atoms with van der Waals surface area (Å²) in [7, 11) is 1.63. The molecule has 1 N–H and O–H groups in total. The number of ether oxygens (including phenoxy) is 1. The van der Waals surface area contributed by atoms with Crippen molar-refractivity contribution in [2.24, 2.45) is 0 Å². The molecule has 0 amide bonds.